The number of hydrogen-bond donors (Lipinski definition) is 1. The van der Waals surface area contributed by atoms with E-state index < -0.39 is 6.04 Å². The van der Waals surface area contributed by atoms with E-state index in [2.05, 4.69) is 48.3 Å². The van der Waals surface area contributed by atoms with Crippen molar-refractivity contribution in [2.24, 2.45) is 4.99 Å². The number of carbonyl (C=O) groups is 2. The van der Waals surface area contributed by atoms with Gasteiger partial charge in [0, 0.05) is 31.9 Å². The molecule has 0 aromatic heterocycles. The van der Waals surface area contributed by atoms with Gasteiger partial charge in [-0.05, 0) is 36.3 Å². The van der Waals surface area contributed by atoms with E-state index in [0.29, 0.717) is 23.7 Å². The Morgan fingerprint density at radius 2 is 1.94 bits per heavy atom. The number of ether oxygens (including phenoxy) is 2. The third kappa shape index (κ3) is 6.02. The van der Waals surface area contributed by atoms with Gasteiger partial charge in [-0.1, -0.05) is 49.9 Å². The fraction of sp³-hybridized carbons (Fsp3) is 0.519. The van der Waals surface area contributed by atoms with Crippen molar-refractivity contribution in [2.75, 3.05) is 46.0 Å². The second-order valence-corrected chi connectivity index (χ2v) is 10.3. The van der Waals surface area contributed by atoms with Crippen molar-refractivity contribution in [1.82, 2.24) is 15.1 Å². The molecule has 1 saturated heterocycles. The third-order valence-electron chi connectivity index (χ3n) is 6.61. The number of allylic oxidation sites excluding steroid dienone is 1. The molecule has 194 valence electrons. The molecule has 1 aromatic carbocycles. The second kappa shape index (κ2) is 12.1. The molecule has 1 atom stereocenters. The molecular formula is C27H36N4O4S. The summed E-state index contributed by atoms with van der Waals surface area (Å²) in [6.45, 7) is 12.9. The van der Waals surface area contributed by atoms with Crippen LogP contribution in [0, 0.1) is 0 Å². The summed E-state index contributed by atoms with van der Waals surface area (Å²) in [5, 5.41) is 5.79. The lowest BCUT2D eigenvalue weighted by Gasteiger charge is -2.36. The zero-order valence-electron chi connectivity index (χ0n) is 21.6. The molecule has 1 aromatic rings. The predicted molar refractivity (Wildman–Crippen MR) is 142 cm³/mol. The molecule has 0 bridgehead atoms. The van der Waals surface area contributed by atoms with Gasteiger partial charge in [0.2, 0.25) is 5.91 Å². The molecule has 1 N–H and O–H groups in total. The summed E-state index contributed by atoms with van der Waals surface area (Å²) < 4.78 is 10.8. The lowest BCUT2D eigenvalue weighted by Crippen LogP contribution is -2.42. The van der Waals surface area contributed by atoms with Crippen molar-refractivity contribution in [3.05, 3.63) is 57.8 Å². The molecule has 0 radical (unpaired) electrons. The number of fused-ring (bicyclic) bond motifs is 1. The van der Waals surface area contributed by atoms with Gasteiger partial charge in [-0.15, -0.1) is 0 Å². The van der Waals surface area contributed by atoms with E-state index in [1.54, 1.807) is 6.92 Å². The van der Waals surface area contributed by atoms with Crippen LogP contribution in [-0.2, 0) is 19.1 Å². The van der Waals surface area contributed by atoms with Crippen LogP contribution >= 0.6 is 11.8 Å². The molecule has 1 fully saturated rings. The number of nitrogens with one attached hydrogen (secondary N) is 1. The Morgan fingerprint density at radius 3 is 2.61 bits per heavy atom. The fourth-order valence-corrected chi connectivity index (χ4v) is 5.59. The van der Waals surface area contributed by atoms with Crippen LogP contribution in [0.2, 0.25) is 0 Å². The van der Waals surface area contributed by atoms with Crippen LogP contribution in [0.25, 0.3) is 0 Å². The van der Waals surface area contributed by atoms with E-state index in [1.807, 2.05) is 17.2 Å². The number of nitrogens with zero attached hydrogens (tertiary/aromatic N) is 3. The Hall–Kier alpha value is -2.62. The highest BCUT2D eigenvalue weighted by molar-refractivity contribution is 8.16. The lowest BCUT2D eigenvalue weighted by molar-refractivity contribution is -0.139. The quantitative estimate of drug-likeness (QED) is 0.504. The van der Waals surface area contributed by atoms with E-state index in [4.69, 9.17) is 14.5 Å². The van der Waals surface area contributed by atoms with E-state index in [-0.39, 0.29) is 24.9 Å². The topological polar surface area (TPSA) is 83.5 Å². The standard InChI is InChI=1S/C27H36N4O4S/c1-5-35-26(33)24-19(4)29-27-31(25(24)21-8-6-20(7-9-21)18(2)3)22(17-36-27)16-23(32)28-10-11-30-12-14-34-15-13-30/h6-9,17-18,25H,5,10-16H2,1-4H3,(H,28,32)/t25-/m1/s1. The van der Waals surface area contributed by atoms with Gasteiger partial charge in [-0.2, -0.15) is 0 Å². The van der Waals surface area contributed by atoms with Gasteiger partial charge in [0.1, 0.15) is 0 Å². The zero-order chi connectivity index (χ0) is 25.7. The van der Waals surface area contributed by atoms with Gasteiger partial charge in [-0.25, -0.2) is 9.79 Å². The molecule has 9 heteroatoms. The molecule has 0 aliphatic carbocycles. The zero-order valence-corrected chi connectivity index (χ0v) is 22.4. The monoisotopic (exact) mass is 512 g/mol. The number of amidine groups is 1. The first-order chi connectivity index (χ1) is 17.4. The summed E-state index contributed by atoms with van der Waals surface area (Å²) in [4.78, 5) is 35.0. The van der Waals surface area contributed by atoms with Crippen molar-refractivity contribution in [1.29, 1.82) is 0 Å². The van der Waals surface area contributed by atoms with E-state index >= 15 is 0 Å². The van der Waals surface area contributed by atoms with Crippen molar-refractivity contribution < 1.29 is 19.1 Å². The maximum absolute atomic E-state index is 13.1. The molecule has 3 aliphatic rings. The van der Waals surface area contributed by atoms with Crippen molar-refractivity contribution in [2.45, 2.75) is 46.1 Å². The molecule has 4 rings (SSSR count). The van der Waals surface area contributed by atoms with Gasteiger partial charge in [0.25, 0.3) is 0 Å². The summed E-state index contributed by atoms with van der Waals surface area (Å²) >= 11 is 1.49. The number of rotatable bonds is 9. The first-order valence-corrected chi connectivity index (χ1v) is 13.5. The first kappa shape index (κ1) is 26.4. The highest BCUT2D eigenvalue weighted by atomic mass is 32.2. The summed E-state index contributed by atoms with van der Waals surface area (Å²) in [7, 11) is 0. The number of thioether (sulfide) groups is 1. The average Bonchev–Trinajstić information content (AvgIpc) is 3.25. The fourth-order valence-electron chi connectivity index (χ4n) is 4.62. The smallest absolute Gasteiger partial charge is 0.338 e. The van der Waals surface area contributed by atoms with Crippen LogP contribution in [-0.4, -0.2) is 72.8 Å². The maximum Gasteiger partial charge on any atom is 0.338 e. The number of hydrogen-bond acceptors (Lipinski definition) is 8. The third-order valence-corrected chi connectivity index (χ3v) is 7.50. The minimum atomic E-state index is -0.403. The maximum atomic E-state index is 13.1. The number of esters is 1. The van der Waals surface area contributed by atoms with Crippen LogP contribution in [0.15, 0.2) is 51.6 Å². The Labute approximate surface area is 217 Å². The van der Waals surface area contributed by atoms with Crippen molar-refractivity contribution in [3.8, 4) is 0 Å². The largest absolute Gasteiger partial charge is 0.463 e. The molecule has 0 saturated carbocycles. The van der Waals surface area contributed by atoms with Crippen LogP contribution in [0.3, 0.4) is 0 Å². The Balaban J connectivity index is 1.53. The van der Waals surface area contributed by atoms with Crippen LogP contribution in [0.5, 0.6) is 0 Å². The lowest BCUT2D eigenvalue weighted by atomic mass is 9.92. The molecule has 8 nitrogen and oxygen atoms in total. The molecule has 0 unspecified atom stereocenters. The highest BCUT2D eigenvalue weighted by Crippen LogP contribution is 2.45. The predicted octanol–water partition coefficient (Wildman–Crippen LogP) is 3.79. The van der Waals surface area contributed by atoms with Crippen LogP contribution < -0.4 is 5.32 Å². The number of benzene rings is 1. The van der Waals surface area contributed by atoms with E-state index in [0.717, 1.165) is 49.3 Å². The van der Waals surface area contributed by atoms with Crippen LogP contribution in [0.4, 0.5) is 0 Å². The second-order valence-electron chi connectivity index (χ2n) is 9.42. The Kier molecular flexibility index (Phi) is 8.87. The van der Waals surface area contributed by atoms with Crippen molar-refractivity contribution >= 4 is 28.8 Å². The Bertz CT molecular complexity index is 1060. The van der Waals surface area contributed by atoms with Gasteiger partial charge in [0.15, 0.2) is 5.17 Å². The summed E-state index contributed by atoms with van der Waals surface area (Å²) in [6, 6.07) is 7.94. The highest BCUT2D eigenvalue weighted by Gasteiger charge is 2.41. The van der Waals surface area contributed by atoms with Crippen molar-refractivity contribution in [3.63, 3.8) is 0 Å². The number of aliphatic imine (C=N–C) groups is 1. The number of carbonyl (C=O) groups excluding carboxylic acids is 2. The Morgan fingerprint density at radius 1 is 1.22 bits per heavy atom. The molecule has 36 heavy (non-hydrogen) atoms. The SMILES string of the molecule is CCOC(=O)C1=C(C)N=C2SC=C(CC(=O)NCCN3CCOCC3)N2[C@@H]1c1ccc(C(C)C)cc1. The normalized spacial score (nSPS) is 20.2. The minimum Gasteiger partial charge on any atom is -0.463 e. The number of morpholine rings is 1. The first-order valence-electron chi connectivity index (χ1n) is 12.7. The van der Waals surface area contributed by atoms with Gasteiger partial charge in [-0.3, -0.25) is 9.69 Å². The molecule has 1 amide bonds. The minimum absolute atomic E-state index is 0.0470. The van der Waals surface area contributed by atoms with E-state index in [1.165, 1.54) is 17.3 Å². The summed E-state index contributed by atoms with van der Waals surface area (Å²) in [5.74, 6) is -0.0144. The summed E-state index contributed by atoms with van der Waals surface area (Å²) in [6.07, 6.45) is 0.213. The molecular weight excluding hydrogens is 476 g/mol. The molecule has 3 heterocycles. The summed E-state index contributed by atoms with van der Waals surface area (Å²) in [5.41, 5.74) is 4.19. The molecule has 3 aliphatic heterocycles. The van der Waals surface area contributed by atoms with E-state index in [9.17, 15) is 9.59 Å². The van der Waals surface area contributed by atoms with Gasteiger partial charge < -0.3 is 19.7 Å². The van der Waals surface area contributed by atoms with Gasteiger partial charge >= 0.3 is 5.97 Å². The van der Waals surface area contributed by atoms with Gasteiger partial charge in [0.05, 0.1) is 43.6 Å². The average molecular weight is 513 g/mol. The van der Waals surface area contributed by atoms with Crippen LogP contribution in [0.1, 0.15) is 57.2 Å². The molecule has 0 spiro atoms. The number of amides is 1.